The number of hydrogen-bond donors (Lipinski definition) is 0. The number of para-hydroxylation sites is 2. The highest BCUT2D eigenvalue weighted by atomic mass is 16.4. The van der Waals surface area contributed by atoms with Crippen LogP contribution in [0.15, 0.2) is 28.7 Å². The minimum atomic E-state index is 0.143. The second kappa shape index (κ2) is 6.90. The Bertz CT molecular complexity index is 929. The number of piperidine rings is 1. The Morgan fingerprint density at radius 1 is 1.27 bits per heavy atom. The van der Waals surface area contributed by atoms with Crippen molar-refractivity contribution in [2.75, 3.05) is 13.1 Å². The van der Waals surface area contributed by atoms with Crippen molar-refractivity contribution in [3.63, 3.8) is 0 Å². The minimum Gasteiger partial charge on any atom is -0.425 e. The lowest BCUT2D eigenvalue weighted by Crippen LogP contribution is -2.39. The molecule has 0 bridgehead atoms. The highest BCUT2D eigenvalue weighted by molar-refractivity contribution is 5.78. The third kappa shape index (κ3) is 3.21. The van der Waals surface area contributed by atoms with E-state index in [1.54, 1.807) is 6.92 Å². The van der Waals surface area contributed by atoms with E-state index in [1.165, 1.54) is 0 Å². The number of benzene rings is 1. The first-order chi connectivity index (χ1) is 12.6. The molecule has 1 fully saturated rings. The van der Waals surface area contributed by atoms with Crippen LogP contribution in [0.2, 0.25) is 0 Å². The van der Waals surface area contributed by atoms with Gasteiger partial charge in [0.1, 0.15) is 5.82 Å². The number of fused-ring (bicyclic) bond motifs is 1. The van der Waals surface area contributed by atoms with E-state index in [9.17, 15) is 4.79 Å². The van der Waals surface area contributed by atoms with Gasteiger partial charge in [0, 0.05) is 33.0 Å². The predicted molar refractivity (Wildman–Crippen MR) is 96.7 cm³/mol. The second-order valence-electron chi connectivity index (χ2n) is 6.89. The molecule has 1 unspecified atom stereocenters. The van der Waals surface area contributed by atoms with E-state index in [-0.39, 0.29) is 11.8 Å². The summed E-state index contributed by atoms with van der Waals surface area (Å²) < 4.78 is 7.68. The maximum absolute atomic E-state index is 12.7. The maximum atomic E-state index is 12.7. The predicted octanol–water partition coefficient (Wildman–Crippen LogP) is 2.83. The topological polar surface area (TPSA) is 77.1 Å². The SMILES string of the molecule is Cc1nnc(C2CCCN(C(=O)CCn3c(C)nc4ccccc43)C2)o1. The number of hydrogen-bond acceptors (Lipinski definition) is 5. The summed E-state index contributed by atoms with van der Waals surface area (Å²) in [6.07, 6.45) is 2.42. The zero-order valence-electron chi connectivity index (χ0n) is 15.2. The summed E-state index contributed by atoms with van der Waals surface area (Å²) >= 11 is 0. The summed E-state index contributed by atoms with van der Waals surface area (Å²) in [5, 5.41) is 8.04. The largest absolute Gasteiger partial charge is 0.425 e. The average molecular weight is 353 g/mol. The zero-order valence-corrected chi connectivity index (χ0v) is 15.2. The van der Waals surface area contributed by atoms with Crippen LogP contribution in [0.5, 0.6) is 0 Å². The number of aromatic nitrogens is 4. The van der Waals surface area contributed by atoms with Gasteiger partial charge in [-0.3, -0.25) is 4.79 Å². The van der Waals surface area contributed by atoms with Crippen LogP contribution in [0.1, 0.15) is 42.8 Å². The maximum Gasteiger partial charge on any atom is 0.224 e. The van der Waals surface area contributed by atoms with Crippen molar-refractivity contribution in [2.45, 2.75) is 45.6 Å². The summed E-state index contributed by atoms with van der Waals surface area (Å²) in [5.74, 6) is 2.48. The molecule has 1 saturated heterocycles. The lowest BCUT2D eigenvalue weighted by molar-refractivity contribution is -0.132. The number of nitrogens with zero attached hydrogens (tertiary/aromatic N) is 5. The molecule has 3 heterocycles. The standard InChI is InChI=1S/C19H23N5O2/c1-13-20-16-7-3-4-8-17(16)24(13)11-9-18(25)23-10-5-6-15(12-23)19-22-21-14(2)26-19/h3-4,7-8,15H,5-6,9-12H2,1-2H3. The molecule has 7 heteroatoms. The van der Waals surface area contributed by atoms with E-state index in [4.69, 9.17) is 4.42 Å². The molecule has 4 rings (SSSR count). The first-order valence-corrected chi connectivity index (χ1v) is 9.11. The molecule has 7 nitrogen and oxygen atoms in total. The van der Waals surface area contributed by atoms with Gasteiger partial charge in [-0.2, -0.15) is 0 Å². The molecule has 0 radical (unpaired) electrons. The molecule has 1 amide bonds. The lowest BCUT2D eigenvalue weighted by Gasteiger charge is -2.31. The molecule has 0 aliphatic carbocycles. The Kier molecular flexibility index (Phi) is 4.44. The van der Waals surface area contributed by atoms with Crippen LogP contribution < -0.4 is 0 Å². The first kappa shape index (κ1) is 16.8. The average Bonchev–Trinajstić information content (AvgIpc) is 3.22. The van der Waals surface area contributed by atoms with Crippen LogP contribution in [0.25, 0.3) is 11.0 Å². The molecule has 0 saturated carbocycles. The van der Waals surface area contributed by atoms with Crippen LogP contribution in [0.4, 0.5) is 0 Å². The Labute approximate surface area is 152 Å². The molecule has 1 atom stereocenters. The third-order valence-electron chi connectivity index (χ3n) is 5.06. The fraction of sp³-hybridized carbons (Fsp3) is 0.474. The number of likely N-dealkylation sites (tertiary alicyclic amines) is 1. The van der Waals surface area contributed by atoms with Gasteiger partial charge < -0.3 is 13.9 Å². The van der Waals surface area contributed by atoms with E-state index in [0.717, 1.165) is 36.2 Å². The van der Waals surface area contributed by atoms with Crippen molar-refractivity contribution in [1.29, 1.82) is 0 Å². The molecular formula is C19H23N5O2. The van der Waals surface area contributed by atoms with E-state index < -0.39 is 0 Å². The minimum absolute atomic E-state index is 0.143. The monoisotopic (exact) mass is 353 g/mol. The van der Waals surface area contributed by atoms with E-state index in [1.807, 2.05) is 30.0 Å². The molecular weight excluding hydrogens is 330 g/mol. The summed E-state index contributed by atoms with van der Waals surface area (Å²) in [4.78, 5) is 19.2. The van der Waals surface area contributed by atoms with E-state index in [2.05, 4.69) is 25.8 Å². The van der Waals surface area contributed by atoms with Gasteiger partial charge >= 0.3 is 0 Å². The molecule has 3 aromatic rings. The van der Waals surface area contributed by atoms with Gasteiger partial charge in [-0.05, 0) is 31.9 Å². The molecule has 1 aromatic carbocycles. The highest BCUT2D eigenvalue weighted by Gasteiger charge is 2.28. The summed E-state index contributed by atoms with van der Waals surface area (Å²) in [6.45, 7) is 5.88. The summed E-state index contributed by atoms with van der Waals surface area (Å²) in [6, 6.07) is 8.04. The Morgan fingerprint density at radius 3 is 2.92 bits per heavy atom. The van der Waals surface area contributed by atoms with Crippen molar-refractivity contribution in [3.05, 3.63) is 41.9 Å². The van der Waals surface area contributed by atoms with Crippen molar-refractivity contribution in [1.82, 2.24) is 24.6 Å². The van der Waals surface area contributed by atoms with Gasteiger partial charge in [0.25, 0.3) is 0 Å². The Balaban J connectivity index is 1.42. The van der Waals surface area contributed by atoms with Crippen molar-refractivity contribution in [3.8, 4) is 0 Å². The summed E-state index contributed by atoms with van der Waals surface area (Å²) in [5.41, 5.74) is 2.05. The third-order valence-corrected chi connectivity index (χ3v) is 5.06. The Morgan fingerprint density at radius 2 is 2.12 bits per heavy atom. The second-order valence-corrected chi connectivity index (χ2v) is 6.89. The molecule has 0 spiro atoms. The van der Waals surface area contributed by atoms with Gasteiger partial charge in [-0.1, -0.05) is 12.1 Å². The van der Waals surface area contributed by atoms with Crippen molar-refractivity contribution in [2.24, 2.45) is 0 Å². The molecule has 136 valence electrons. The smallest absolute Gasteiger partial charge is 0.224 e. The van der Waals surface area contributed by atoms with Crippen LogP contribution >= 0.6 is 0 Å². The number of amides is 1. The van der Waals surface area contributed by atoms with Crippen LogP contribution in [0.3, 0.4) is 0 Å². The Hall–Kier alpha value is -2.70. The van der Waals surface area contributed by atoms with Gasteiger partial charge in [-0.25, -0.2) is 4.98 Å². The normalized spacial score (nSPS) is 17.8. The quantitative estimate of drug-likeness (QED) is 0.721. The van der Waals surface area contributed by atoms with E-state index >= 15 is 0 Å². The first-order valence-electron chi connectivity index (χ1n) is 9.11. The van der Waals surface area contributed by atoms with Gasteiger partial charge in [0.05, 0.1) is 17.0 Å². The van der Waals surface area contributed by atoms with Crippen LogP contribution in [-0.2, 0) is 11.3 Å². The summed E-state index contributed by atoms with van der Waals surface area (Å²) in [7, 11) is 0. The van der Waals surface area contributed by atoms with E-state index in [0.29, 0.717) is 31.3 Å². The lowest BCUT2D eigenvalue weighted by atomic mass is 9.98. The highest BCUT2D eigenvalue weighted by Crippen LogP contribution is 2.26. The molecule has 0 N–H and O–H groups in total. The fourth-order valence-electron chi connectivity index (χ4n) is 3.73. The van der Waals surface area contributed by atoms with Gasteiger partial charge in [0.2, 0.25) is 17.7 Å². The molecule has 2 aromatic heterocycles. The molecule has 1 aliphatic rings. The fourth-order valence-corrected chi connectivity index (χ4v) is 3.73. The zero-order chi connectivity index (χ0) is 18.1. The van der Waals surface area contributed by atoms with Crippen molar-refractivity contribution < 1.29 is 9.21 Å². The van der Waals surface area contributed by atoms with Gasteiger partial charge in [-0.15, -0.1) is 10.2 Å². The number of aryl methyl sites for hydroxylation is 3. The van der Waals surface area contributed by atoms with Gasteiger partial charge in [0.15, 0.2) is 0 Å². The number of carbonyl (C=O) groups is 1. The number of carbonyl (C=O) groups excluding carboxylic acids is 1. The van der Waals surface area contributed by atoms with Crippen LogP contribution in [0, 0.1) is 13.8 Å². The number of imidazole rings is 1. The molecule has 26 heavy (non-hydrogen) atoms. The molecule has 1 aliphatic heterocycles. The van der Waals surface area contributed by atoms with Crippen molar-refractivity contribution >= 4 is 16.9 Å². The number of rotatable bonds is 4. The van der Waals surface area contributed by atoms with Crippen LogP contribution in [-0.4, -0.2) is 43.6 Å².